The van der Waals surface area contributed by atoms with E-state index in [4.69, 9.17) is 32.9 Å². The fourth-order valence-corrected chi connectivity index (χ4v) is 6.35. The number of carbonyl (C=O) groups is 2. The second kappa shape index (κ2) is 13.8. The van der Waals surface area contributed by atoms with Crippen molar-refractivity contribution in [2.45, 2.75) is 30.7 Å². The van der Waals surface area contributed by atoms with Gasteiger partial charge in [-0.25, -0.2) is 9.97 Å². The predicted octanol–water partition coefficient (Wildman–Crippen LogP) is 5.82. The molecule has 3 heterocycles. The number of aromatic nitrogens is 2. The number of piperazine rings is 1. The largest absolute Gasteiger partial charge is 0.466 e. The van der Waals surface area contributed by atoms with Crippen molar-refractivity contribution < 1.29 is 14.3 Å². The van der Waals surface area contributed by atoms with Crippen LogP contribution in [0.15, 0.2) is 59.8 Å². The number of carbonyl (C=O) groups excluding carboxylic acids is 2. The van der Waals surface area contributed by atoms with Gasteiger partial charge in [0.1, 0.15) is 11.0 Å². The number of nitrogens with zero attached hydrogens (tertiary/aromatic N) is 5. The van der Waals surface area contributed by atoms with Crippen molar-refractivity contribution in [1.82, 2.24) is 14.9 Å². The number of hydrogen-bond donors (Lipinski definition) is 0. The first-order valence-electron chi connectivity index (χ1n) is 13.9. The van der Waals surface area contributed by atoms with E-state index in [-0.39, 0.29) is 17.8 Å². The molecule has 8 nitrogen and oxygen atoms in total. The molecule has 0 unspecified atom stereocenters. The maximum absolute atomic E-state index is 13.0. The zero-order chi connectivity index (χ0) is 28.8. The van der Waals surface area contributed by atoms with E-state index in [9.17, 15) is 9.59 Å². The molecule has 5 rings (SSSR count). The number of ether oxygens (including phenoxy) is 1. The van der Waals surface area contributed by atoms with Gasteiger partial charge in [-0.2, -0.15) is 0 Å². The third-order valence-electron chi connectivity index (χ3n) is 7.41. The van der Waals surface area contributed by atoms with Crippen LogP contribution in [0, 0.1) is 5.92 Å². The Hall–Kier alpha value is -3.01. The van der Waals surface area contributed by atoms with Gasteiger partial charge in [-0.15, -0.1) is 0 Å². The Balaban J connectivity index is 1.13. The van der Waals surface area contributed by atoms with E-state index in [0.717, 1.165) is 48.3 Å². The zero-order valence-corrected chi connectivity index (χ0v) is 25.3. The molecule has 0 atom stereocenters. The Labute approximate surface area is 255 Å². The van der Waals surface area contributed by atoms with Gasteiger partial charge >= 0.3 is 5.97 Å². The van der Waals surface area contributed by atoms with Gasteiger partial charge in [0, 0.05) is 67.4 Å². The lowest BCUT2D eigenvalue weighted by Crippen LogP contribution is -2.46. The van der Waals surface area contributed by atoms with Gasteiger partial charge in [-0.3, -0.25) is 9.59 Å². The van der Waals surface area contributed by atoms with Crippen LogP contribution in [0.5, 0.6) is 0 Å². The van der Waals surface area contributed by atoms with E-state index in [1.54, 1.807) is 0 Å². The first-order chi connectivity index (χ1) is 19.9. The van der Waals surface area contributed by atoms with Crippen molar-refractivity contribution in [2.24, 2.45) is 5.92 Å². The zero-order valence-electron chi connectivity index (χ0n) is 23.0. The molecular formula is C30H33Cl2N5O3S. The van der Waals surface area contributed by atoms with Gasteiger partial charge < -0.3 is 19.4 Å². The molecular weight excluding hydrogens is 581 g/mol. The molecule has 11 heteroatoms. The van der Waals surface area contributed by atoms with Crippen molar-refractivity contribution in [3.8, 4) is 0 Å². The molecule has 2 aliphatic heterocycles. The number of halogens is 2. The highest BCUT2D eigenvalue weighted by Crippen LogP contribution is 2.27. The van der Waals surface area contributed by atoms with Gasteiger partial charge in [0.2, 0.25) is 0 Å². The average Bonchev–Trinajstić information content (AvgIpc) is 3.00. The average molecular weight is 615 g/mol. The number of rotatable bonds is 8. The summed E-state index contributed by atoms with van der Waals surface area (Å²) < 4.78 is 5.13. The van der Waals surface area contributed by atoms with Crippen molar-refractivity contribution in [3.63, 3.8) is 0 Å². The summed E-state index contributed by atoms with van der Waals surface area (Å²) in [4.78, 5) is 40.5. The van der Waals surface area contributed by atoms with Crippen LogP contribution in [0.25, 0.3) is 0 Å². The first kappa shape index (κ1) is 29.5. The van der Waals surface area contributed by atoms with Crippen LogP contribution in [0.4, 0.5) is 11.5 Å². The van der Waals surface area contributed by atoms with Gasteiger partial charge in [0.05, 0.1) is 12.5 Å². The molecule has 0 N–H and O–H groups in total. The molecule has 0 radical (unpaired) electrons. The number of amides is 1. The fourth-order valence-electron chi connectivity index (χ4n) is 5.13. The lowest BCUT2D eigenvalue weighted by Gasteiger charge is -2.36. The molecule has 2 saturated heterocycles. The molecule has 0 aliphatic carbocycles. The molecule has 2 aliphatic rings. The Morgan fingerprint density at radius 2 is 1.63 bits per heavy atom. The molecule has 2 aromatic carbocycles. The van der Waals surface area contributed by atoms with E-state index in [1.807, 2.05) is 60.4 Å². The highest BCUT2D eigenvalue weighted by Gasteiger charge is 2.28. The summed E-state index contributed by atoms with van der Waals surface area (Å²) in [5.74, 6) is 1.19. The second-order valence-corrected chi connectivity index (χ2v) is 11.9. The van der Waals surface area contributed by atoms with E-state index in [0.29, 0.717) is 54.2 Å². The highest BCUT2D eigenvalue weighted by molar-refractivity contribution is 7.98. The SMILES string of the molecule is CCOC(=O)C1CCN(C(=O)c2ccc(CSc3nc(Cl)cc(N4CCN(c5cccc(Cl)c5)CC4)n3)cc2)CC1. The maximum Gasteiger partial charge on any atom is 0.309 e. The minimum atomic E-state index is -0.159. The van der Waals surface area contributed by atoms with Gasteiger partial charge in [0.15, 0.2) is 5.16 Å². The first-order valence-corrected chi connectivity index (χ1v) is 15.6. The van der Waals surface area contributed by atoms with Gasteiger partial charge in [0.25, 0.3) is 5.91 Å². The van der Waals surface area contributed by atoms with Crippen molar-refractivity contribution in [3.05, 3.63) is 75.9 Å². The number of benzene rings is 2. The van der Waals surface area contributed by atoms with Crippen LogP contribution in [0.1, 0.15) is 35.7 Å². The van der Waals surface area contributed by atoms with Crippen molar-refractivity contribution in [2.75, 3.05) is 55.7 Å². The molecule has 0 saturated carbocycles. The lowest BCUT2D eigenvalue weighted by atomic mass is 9.96. The van der Waals surface area contributed by atoms with E-state index >= 15 is 0 Å². The Morgan fingerprint density at radius 1 is 0.927 bits per heavy atom. The smallest absolute Gasteiger partial charge is 0.309 e. The van der Waals surface area contributed by atoms with Gasteiger partial charge in [-0.1, -0.05) is 53.2 Å². The second-order valence-electron chi connectivity index (χ2n) is 10.1. The van der Waals surface area contributed by atoms with E-state index in [1.165, 1.54) is 11.8 Å². The summed E-state index contributed by atoms with van der Waals surface area (Å²) in [6.45, 7) is 6.67. The van der Waals surface area contributed by atoms with Crippen LogP contribution in [0.2, 0.25) is 10.2 Å². The third-order valence-corrected chi connectivity index (χ3v) is 8.76. The molecule has 41 heavy (non-hydrogen) atoms. The molecule has 3 aromatic rings. The number of esters is 1. The molecule has 2 fully saturated rings. The summed E-state index contributed by atoms with van der Waals surface area (Å²) in [7, 11) is 0. The van der Waals surface area contributed by atoms with Gasteiger partial charge in [-0.05, 0) is 55.7 Å². The number of thioether (sulfide) groups is 1. The Kier molecular flexibility index (Phi) is 9.90. The van der Waals surface area contributed by atoms with Crippen LogP contribution in [-0.4, -0.2) is 72.6 Å². The van der Waals surface area contributed by atoms with Crippen molar-refractivity contribution in [1.29, 1.82) is 0 Å². The summed E-state index contributed by atoms with van der Waals surface area (Å²) in [6.07, 6.45) is 1.27. The van der Waals surface area contributed by atoms with Crippen LogP contribution in [-0.2, 0) is 15.3 Å². The number of likely N-dealkylation sites (tertiary alicyclic amines) is 1. The fraction of sp³-hybridized carbons (Fsp3) is 0.400. The molecule has 0 spiro atoms. The van der Waals surface area contributed by atoms with Crippen molar-refractivity contribution >= 4 is 58.3 Å². The predicted molar refractivity (Wildman–Crippen MR) is 164 cm³/mol. The molecule has 216 valence electrons. The van der Waals surface area contributed by atoms with Crippen LogP contribution >= 0.6 is 35.0 Å². The minimum absolute atomic E-state index is 0.00946. The molecule has 1 amide bonds. The summed E-state index contributed by atoms with van der Waals surface area (Å²) in [5, 5.41) is 1.78. The number of anilines is 2. The molecule has 0 bridgehead atoms. The van der Waals surface area contributed by atoms with Crippen LogP contribution < -0.4 is 9.80 Å². The number of hydrogen-bond acceptors (Lipinski definition) is 8. The minimum Gasteiger partial charge on any atom is -0.466 e. The molecule has 1 aromatic heterocycles. The normalized spacial score (nSPS) is 16.1. The Morgan fingerprint density at radius 3 is 2.32 bits per heavy atom. The third kappa shape index (κ3) is 7.64. The number of piperidine rings is 1. The monoisotopic (exact) mass is 613 g/mol. The lowest BCUT2D eigenvalue weighted by molar-refractivity contribution is -0.149. The van der Waals surface area contributed by atoms with E-state index in [2.05, 4.69) is 20.9 Å². The Bertz CT molecular complexity index is 1360. The maximum atomic E-state index is 13.0. The quantitative estimate of drug-likeness (QED) is 0.136. The summed E-state index contributed by atoms with van der Waals surface area (Å²) in [6, 6.07) is 17.4. The summed E-state index contributed by atoms with van der Waals surface area (Å²) in [5.41, 5.74) is 2.83. The topological polar surface area (TPSA) is 78.9 Å². The standard InChI is InChI=1S/C30H33Cl2N5O3S/c1-2-40-29(39)23-10-12-37(13-11-23)28(38)22-8-6-21(7-9-22)20-41-30-33-26(32)19-27(34-30)36-16-14-35(15-17-36)25-5-3-4-24(31)18-25/h3-9,18-19,23H,2,10-17,20H2,1H3. The summed E-state index contributed by atoms with van der Waals surface area (Å²) >= 11 is 14.1. The highest BCUT2D eigenvalue weighted by atomic mass is 35.5. The van der Waals surface area contributed by atoms with E-state index < -0.39 is 0 Å². The van der Waals surface area contributed by atoms with Crippen LogP contribution in [0.3, 0.4) is 0 Å².